The Morgan fingerprint density at radius 3 is 2.65 bits per heavy atom. The Kier molecular flexibility index (Phi) is 8.79. The van der Waals surface area contributed by atoms with Crippen molar-refractivity contribution in [2.24, 2.45) is 5.16 Å². The first-order chi connectivity index (χ1) is 19.1. The molecule has 2 amide bonds. The fraction of sp³-hybridized carbons (Fsp3) is 0.389. The number of thioether (sulfide) groups is 2. The summed E-state index contributed by atoms with van der Waals surface area (Å²) in [6.45, 7) is -0.835. The monoisotopic (exact) mass is 614 g/mol. The number of fused-ring (bicyclic) bond motifs is 1. The molecule has 1 fully saturated rings. The van der Waals surface area contributed by atoms with E-state index >= 15 is 0 Å². The second-order valence-electron chi connectivity index (χ2n) is 7.80. The second-order valence-corrected chi connectivity index (χ2v) is 10.6. The number of carbonyl (C=O) groups excluding carboxylic acids is 2. The lowest BCUT2D eigenvalue weighted by molar-refractivity contribution is -0.150. The molecular weight excluding hydrogens is 596 g/mol. The summed E-state index contributed by atoms with van der Waals surface area (Å²) in [5.74, 6) is -5.35. The van der Waals surface area contributed by atoms with Crippen LogP contribution in [0.2, 0.25) is 0 Å². The van der Waals surface area contributed by atoms with Crippen LogP contribution in [-0.2, 0) is 35.4 Å². The first kappa shape index (κ1) is 28.7. The number of anilines is 1. The smallest absolute Gasteiger partial charge is 0.352 e. The van der Waals surface area contributed by atoms with Crippen molar-refractivity contribution in [3.63, 3.8) is 0 Å². The number of nitrogens with two attached hydrogens (primary N) is 1. The van der Waals surface area contributed by atoms with Crippen LogP contribution in [0.3, 0.4) is 0 Å². The zero-order valence-corrected chi connectivity index (χ0v) is 22.3. The van der Waals surface area contributed by atoms with Gasteiger partial charge in [-0.1, -0.05) is 16.9 Å². The van der Waals surface area contributed by atoms with Gasteiger partial charge in [-0.15, -0.1) is 16.9 Å². The molecule has 0 aliphatic carbocycles. The molecule has 22 heteroatoms. The number of tetrazole rings is 1. The van der Waals surface area contributed by atoms with Crippen molar-refractivity contribution in [1.82, 2.24) is 39.8 Å². The third-order valence-corrected chi connectivity index (χ3v) is 8.09. The van der Waals surface area contributed by atoms with Gasteiger partial charge in [0, 0.05) is 23.0 Å². The second kappa shape index (κ2) is 12.3. The van der Waals surface area contributed by atoms with Gasteiger partial charge in [-0.3, -0.25) is 19.3 Å². The lowest BCUT2D eigenvalue weighted by atomic mass is 10.0. The van der Waals surface area contributed by atoms with Crippen LogP contribution in [0.1, 0.15) is 12.2 Å². The summed E-state index contributed by atoms with van der Waals surface area (Å²) in [6.07, 6.45) is -0.210. The average Bonchev–Trinajstić information content (AvgIpc) is 3.54. The van der Waals surface area contributed by atoms with Gasteiger partial charge in [0.25, 0.3) is 11.8 Å². The third-order valence-electron chi connectivity index (χ3n) is 5.16. The number of β-lactam (4-membered cyclic amide) rings is 1. The van der Waals surface area contributed by atoms with E-state index in [-0.39, 0.29) is 46.3 Å². The highest BCUT2D eigenvalue weighted by atomic mass is 32.2. The maximum Gasteiger partial charge on any atom is 0.352 e. The minimum Gasteiger partial charge on any atom is -0.481 e. The van der Waals surface area contributed by atoms with Gasteiger partial charge in [0.15, 0.2) is 5.13 Å². The van der Waals surface area contributed by atoms with Gasteiger partial charge in [-0.25, -0.2) is 14.3 Å². The Hall–Kier alpha value is -4.31. The summed E-state index contributed by atoms with van der Waals surface area (Å²) >= 11 is 3.04. The highest BCUT2D eigenvalue weighted by Gasteiger charge is 2.54. The van der Waals surface area contributed by atoms with Crippen LogP contribution in [-0.4, -0.2) is 115 Å². The SMILES string of the molecule is Nc1nc(C(=NOCC(=O)O)C(=O)NC2C(=O)N3C(C(=O)O)=C(CSc4nnnn4CCC(=O)O)CS[C@@H]23)ns1. The predicted molar refractivity (Wildman–Crippen MR) is 135 cm³/mol. The van der Waals surface area contributed by atoms with Gasteiger partial charge in [0.05, 0.1) is 13.0 Å². The first-order valence-electron chi connectivity index (χ1n) is 10.9. The topological polar surface area (TPSA) is 278 Å². The van der Waals surface area contributed by atoms with Crippen molar-refractivity contribution in [2.75, 3.05) is 23.8 Å². The number of oxime groups is 1. The predicted octanol–water partition coefficient (Wildman–Crippen LogP) is -2.08. The Morgan fingerprint density at radius 2 is 2.00 bits per heavy atom. The number of carboxylic acid groups (broad SMARTS) is 3. The van der Waals surface area contributed by atoms with Crippen LogP contribution in [0.5, 0.6) is 0 Å². The molecule has 2 aliphatic heterocycles. The molecule has 2 aromatic heterocycles. The summed E-state index contributed by atoms with van der Waals surface area (Å²) in [6, 6.07) is -1.13. The number of nitrogen functional groups attached to an aromatic ring is 1. The highest BCUT2D eigenvalue weighted by Crippen LogP contribution is 2.41. The van der Waals surface area contributed by atoms with E-state index in [1.165, 1.54) is 16.4 Å². The molecule has 19 nitrogen and oxygen atoms in total. The van der Waals surface area contributed by atoms with Crippen molar-refractivity contribution < 1.29 is 44.1 Å². The van der Waals surface area contributed by atoms with Crippen molar-refractivity contribution in [3.05, 3.63) is 17.1 Å². The fourth-order valence-electron chi connectivity index (χ4n) is 3.46. The summed E-state index contributed by atoms with van der Waals surface area (Å²) in [5, 5.41) is 44.0. The molecular formula is C18H18N10O9S3. The normalized spacial score (nSPS) is 18.6. The van der Waals surface area contributed by atoms with E-state index < -0.39 is 53.5 Å². The van der Waals surface area contributed by atoms with E-state index in [9.17, 15) is 29.1 Å². The van der Waals surface area contributed by atoms with E-state index in [4.69, 9.17) is 15.9 Å². The largest absolute Gasteiger partial charge is 0.481 e. The van der Waals surface area contributed by atoms with E-state index in [0.717, 1.165) is 28.2 Å². The molecule has 2 atom stereocenters. The summed E-state index contributed by atoms with van der Waals surface area (Å²) in [5.41, 5.74) is 5.18. The van der Waals surface area contributed by atoms with Gasteiger partial charge in [-0.05, 0) is 16.0 Å². The maximum absolute atomic E-state index is 13.0. The van der Waals surface area contributed by atoms with E-state index in [1.807, 2.05) is 0 Å². The van der Waals surface area contributed by atoms with Crippen molar-refractivity contribution in [2.45, 2.75) is 29.5 Å². The number of aromatic nitrogens is 6. The van der Waals surface area contributed by atoms with Crippen LogP contribution in [0.4, 0.5) is 5.13 Å². The molecule has 6 N–H and O–H groups in total. The zero-order valence-electron chi connectivity index (χ0n) is 19.9. The van der Waals surface area contributed by atoms with Crippen LogP contribution in [0.15, 0.2) is 21.6 Å². The molecule has 0 bridgehead atoms. The number of rotatable bonds is 13. The number of amides is 2. The molecule has 0 saturated carbocycles. The molecule has 2 aromatic rings. The van der Waals surface area contributed by atoms with Gasteiger partial charge in [0.1, 0.15) is 17.1 Å². The fourth-order valence-corrected chi connectivity index (χ4v) is 6.29. The minimum absolute atomic E-state index is 0.0000185. The van der Waals surface area contributed by atoms with Crippen molar-refractivity contribution >= 4 is 75.6 Å². The maximum atomic E-state index is 13.0. The molecule has 1 unspecified atom stereocenters. The van der Waals surface area contributed by atoms with E-state index in [1.54, 1.807) is 0 Å². The molecule has 4 heterocycles. The number of aliphatic carboxylic acids is 3. The number of hydrogen-bond donors (Lipinski definition) is 5. The molecule has 212 valence electrons. The molecule has 2 aliphatic rings. The average molecular weight is 615 g/mol. The Bertz CT molecular complexity index is 1420. The summed E-state index contributed by atoms with van der Waals surface area (Å²) < 4.78 is 5.13. The van der Waals surface area contributed by atoms with Crippen LogP contribution >= 0.6 is 35.1 Å². The molecule has 4 rings (SSSR count). The lowest BCUT2D eigenvalue weighted by Crippen LogP contribution is -2.71. The zero-order chi connectivity index (χ0) is 29.0. The molecule has 1 saturated heterocycles. The van der Waals surface area contributed by atoms with Crippen molar-refractivity contribution in [1.29, 1.82) is 0 Å². The first-order valence-corrected chi connectivity index (χ1v) is 13.7. The lowest BCUT2D eigenvalue weighted by Gasteiger charge is -2.49. The van der Waals surface area contributed by atoms with E-state index in [2.05, 4.69) is 40.2 Å². The Balaban J connectivity index is 1.47. The number of carboxylic acids is 3. The number of nitrogens with zero attached hydrogens (tertiary/aromatic N) is 8. The molecule has 0 aromatic carbocycles. The van der Waals surface area contributed by atoms with Gasteiger partial charge >= 0.3 is 17.9 Å². The summed E-state index contributed by atoms with van der Waals surface area (Å²) in [7, 11) is 0. The summed E-state index contributed by atoms with van der Waals surface area (Å²) in [4.78, 5) is 69.2. The third kappa shape index (κ3) is 6.28. The highest BCUT2D eigenvalue weighted by molar-refractivity contribution is 8.01. The number of carbonyl (C=O) groups is 5. The Labute approximate surface area is 235 Å². The molecule has 40 heavy (non-hydrogen) atoms. The number of hydrogen-bond acceptors (Lipinski definition) is 16. The van der Waals surface area contributed by atoms with Crippen LogP contribution in [0.25, 0.3) is 0 Å². The van der Waals surface area contributed by atoms with Crippen LogP contribution in [0, 0.1) is 0 Å². The number of nitrogens with one attached hydrogen (secondary N) is 1. The van der Waals surface area contributed by atoms with Crippen molar-refractivity contribution in [3.8, 4) is 0 Å². The molecule has 0 spiro atoms. The van der Waals surface area contributed by atoms with Gasteiger partial charge < -0.3 is 31.2 Å². The van der Waals surface area contributed by atoms with Gasteiger partial charge in [-0.2, -0.15) is 9.36 Å². The quantitative estimate of drug-likeness (QED) is 0.0700. The standard InChI is InChI=1S/C18H18N10O9S3/c19-17-21-12(24-40-17)9(23-37-3-8(31)32)13(33)20-10-14(34)28-11(16(35)36)6(4-38-15(10)28)5-39-18-22-25-26-27(18)2-1-7(29)30/h10,15H,1-5H2,(H,20,33)(H,29,30)(H,31,32)(H,35,36)(H2,19,21,24)/t10?,15-/m0/s1. The minimum atomic E-state index is -1.35. The van der Waals surface area contributed by atoms with E-state index in [0.29, 0.717) is 5.57 Å². The molecule has 0 radical (unpaired) electrons. The Morgan fingerprint density at radius 1 is 1.23 bits per heavy atom. The van der Waals surface area contributed by atoms with Crippen LogP contribution < -0.4 is 11.1 Å². The van der Waals surface area contributed by atoms with Gasteiger partial charge in [0.2, 0.25) is 23.3 Å². The number of aryl methyl sites for hydroxylation is 1.